The molecule has 1 aromatic heterocycles. The van der Waals surface area contributed by atoms with Crippen LogP contribution in [-0.4, -0.2) is 38.3 Å². The van der Waals surface area contributed by atoms with E-state index in [1.165, 1.54) is 18.9 Å². The van der Waals surface area contributed by atoms with E-state index in [-0.39, 0.29) is 12.5 Å². The van der Waals surface area contributed by atoms with Gasteiger partial charge in [0.25, 0.3) is 11.8 Å². The third-order valence-electron chi connectivity index (χ3n) is 4.93. The van der Waals surface area contributed by atoms with E-state index >= 15 is 0 Å². The zero-order valence-corrected chi connectivity index (χ0v) is 19.3. The SMILES string of the molecule is CCCCC(=NNC(=O)CNC(=O)c1ccc(OC)c(OC)c1)c1csc2ccccc12. The number of ether oxygens (including phenoxy) is 2. The number of benzene rings is 2. The second-order valence-electron chi connectivity index (χ2n) is 7.10. The van der Waals surface area contributed by atoms with Crippen LogP contribution in [0.25, 0.3) is 10.1 Å². The summed E-state index contributed by atoms with van der Waals surface area (Å²) in [7, 11) is 3.02. The molecule has 7 nitrogen and oxygen atoms in total. The van der Waals surface area contributed by atoms with Crippen LogP contribution in [0.3, 0.4) is 0 Å². The molecule has 3 aromatic rings. The number of carbonyl (C=O) groups is 2. The Morgan fingerprint density at radius 3 is 2.59 bits per heavy atom. The summed E-state index contributed by atoms with van der Waals surface area (Å²) >= 11 is 1.66. The Bertz CT molecular complexity index is 1120. The molecule has 0 atom stereocenters. The van der Waals surface area contributed by atoms with Gasteiger partial charge in [0.1, 0.15) is 0 Å². The molecule has 8 heteroatoms. The van der Waals surface area contributed by atoms with Crippen LogP contribution >= 0.6 is 11.3 Å². The van der Waals surface area contributed by atoms with Gasteiger partial charge in [0.05, 0.1) is 26.5 Å². The molecule has 0 radical (unpaired) electrons. The molecule has 2 aromatic carbocycles. The van der Waals surface area contributed by atoms with Crippen LogP contribution in [0.1, 0.15) is 42.1 Å². The summed E-state index contributed by atoms with van der Waals surface area (Å²) in [5.41, 5.74) is 4.83. The van der Waals surface area contributed by atoms with Crippen LogP contribution in [0.5, 0.6) is 11.5 Å². The molecular formula is C24H27N3O4S. The standard InChI is InChI=1S/C24H27N3O4S/c1-4-5-9-19(18-15-32-22-10-7-6-8-17(18)22)26-27-23(28)14-25-24(29)16-11-12-20(30-2)21(13-16)31-3/h6-8,10-13,15H,4-5,9,14H2,1-3H3,(H,25,29)(H,27,28). The molecule has 1 heterocycles. The second kappa shape index (κ2) is 11.3. The summed E-state index contributed by atoms with van der Waals surface area (Å²) in [5, 5.41) is 10.2. The molecule has 0 fully saturated rings. The van der Waals surface area contributed by atoms with Crippen LogP contribution in [-0.2, 0) is 4.79 Å². The monoisotopic (exact) mass is 453 g/mol. The number of hydrogen-bond acceptors (Lipinski definition) is 6. The molecule has 0 unspecified atom stereocenters. The van der Waals surface area contributed by atoms with Gasteiger partial charge in [-0.1, -0.05) is 31.5 Å². The number of carbonyl (C=O) groups excluding carboxylic acids is 2. The Morgan fingerprint density at radius 1 is 1.06 bits per heavy atom. The lowest BCUT2D eigenvalue weighted by molar-refractivity contribution is -0.120. The van der Waals surface area contributed by atoms with Crippen molar-refractivity contribution in [3.63, 3.8) is 0 Å². The average Bonchev–Trinajstić information content (AvgIpc) is 3.26. The Balaban J connectivity index is 1.65. The number of unbranched alkanes of at least 4 members (excludes halogenated alkanes) is 1. The second-order valence-corrected chi connectivity index (χ2v) is 8.01. The first kappa shape index (κ1) is 23.3. The summed E-state index contributed by atoms with van der Waals surface area (Å²) in [5.74, 6) is 0.182. The molecule has 0 saturated heterocycles. The number of nitrogens with zero attached hydrogens (tertiary/aromatic N) is 1. The summed E-state index contributed by atoms with van der Waals surface area (Å²) < 4.78 is 11.6. The molecule has 0 bridgehead atoms. The maximum atomic E-state index is 12.4. The topological polar surface area (TPSA) is 89.0 Å². The smallest absolute Gasteiger partial charge is 0.259 e. The molecule has 0 spiro atoms. The van der Waals surface area contributed by atoms with Crippen molar-refractivity contribution < 1.29 is 19.1 Å². The third-order valence-corrected chi connectivity index (χ3v) is 5.89. The maximum absolute atomic E-state index is 12.4. The van der Waals surface area contributed by atoms with Gasteiger partial charge in [-0.2, -0.15) is 5.10 Å². The normalized spacial score (nSPS) is 11.3. The largest absolute Gasteiger partial charge is 0.493 e. The number of amides is 2. The summed E-state index contributed by atoms with van der Waals surface area (Å²) in [6, 6.07) is 13.0. The van der Waals surface area contributed by atoms with Crippen molar-refractivity contribution in [1.29, 1.82) is 0 Å². The zero-order valence-electron chi connectivity index (χ0n) is 18.4. The lowest BCUT2D eigenvalue weighted by atomic mass is 10.0. The summed E-state index contributed by atoms with van der Waals surface area (Å²) in [6.45, 7) is 1.92. The van der Waals surface area contributed by atoms with E-state index in [9.17, 15) is 9.59 Å². The van der Waals surface area contributed by atoms with Gasteiger partial charge < -0.3 is 14.8 Å². The van der Waals surface area contributed by atoms with Gasteiger partial charge in [0.2, 0.25) is 0 Å². The van der Waals surface area contributed by atoms with Gasteiger partial charge in [-0.05, 0) is 37.1 Å². The summed E-state index contributed by atoms with van der Waals surface area (Å²) in [4.78, 5) is 24.7. The average molecular weight is 454 g/mol. The molecule has 168 valence electrons. The van der Waals surface area contributed by atoms with Crippen molar-refractivity contribution >= 4 is 38.9 Å². The lowest BCUT2D eigenvalue weighted by Crippen LogP contribution is -2.35. The predicted molar refractivity (Wildman–Crippen MR) is 128 cm³/mol. The number of methoxy groups -OCH3 is 2. The minimum atomic E-state index is -0.396. The highest BCUT2D eigenvalue weighted by Crippen LogP contribution is 2.28. The Morgan fingerprint density at radius 2 is 1.84 bits per heavy atom. The quantitative estimate of drug-likeness (QED) is 0.353. The van der Waals surface area contributed by atoms with Gasteiger partial charge in [-0.15, -0.1) is 11.3 Å². The van der Waals surface area contributed by atoms with E-state index in [1.807, 2.05) is 12.1 Å². The van der Waals surface area contributed by atoms with E-state index < -0.39 is 5.91 Å². The number of rotatable bonds is 10. The molecule has 3 rings (SSSR count). The number of hydrogen-bond donors (Lipinski definition) is 2. The van der Waals surface area contributed by atoms with Crippen molar-refractivity contribution in [2.75, 3.05) is 20.8 Å². The van der Waals surface area contributed by atoms with E-state index in [4.69, 9.17) is 9.47 Å². The first-order chi connectivity index (χ1) is 15.6. The van der Waals surface area contributed by atoms with Crippen molar-refractivity contribution in [3.05, 3.63) is 59.0 Å². The van der Waals surface area contributed by atoms with Crippen LogP contribution in [0, 0.1) is 0 Å². The number of fused-ring (bicyclic) bond motifs is 1. The molecule has 2 N–H and O–H groups in total. The minimum absolute atomic E-state index is 0.192. The molecule has 0 aliphatic rings. The van der Waals surface area contributed by atoms with Crippen LogP contribution in [0.15, 0.2) is 52.9 Å². The first-order valence-corrected chi connectivity index (χ1v) is 11.3. The van der Waals surface area contributed by atoms with E-state index in [0.717, 1.165) is 35.9 Å². The Hall–Kier alpha value is -3.39. The zero-order chi connectivity index (χ0) is 22.9. The van der Waals surface area contributed by atoms with Gasteiger partial charge >= 0.3 is 0 Å². The number of thiophene rings is 1. The molecule has 0 saturated carbocycles. The highest BCUT2D eigenvalue weighted by molar-refractivity contribution is 7.17. The van der Waals surface area contributed by atoms with E-state index in [0.29, 0.717) is 17.1 Å². The van der Waals surface area contributed by atoms with Crippen LogP contribution in [0.4, 0.5) is 0 Å². The van der Waals surface area contributed by atoms with Crippen molar-refractivity contribution in [3.8, 4) is 11.5 Å². The summed E-state index contributed by atoms with van der Waals surface area (Å²) in [6.07, 6.45) is 2.75. The Labute approximate surface area is 191 Å². The Kier molecular flexibility index (Phi) is 8.21. The molecule has 0 aliphatic heterocycles. The van der Waals surface area contributed by atoms with Crippen molar-refractivity contribution in [1.82, 2.24) is 10.7 Å². The van der Waals surface area contributed by atoms with Gasteiger partial charge in [0, 0.05) is 26.6 Å². The predicted octanol–water partition coefficient (Wildman–Crippen LogP) is 4.36. The van der Waals surface area contributed by atoms with E-state index in [1.54, 1.807) is 29.5 Å². The highest BCUT2D eigenvalue weighted by Gasteiger charge is 2.13. The number of nitrogens with one attached hydrogen (secondary N) is 2. The molecule has 32 heavy (non-hydrogen) atoms. The van der Waals surface area contributed by atoms with Crippen LogP contribution < -0.4 is 20.2 Å². The van der Waals surface area contributed by atoms with E-state index in [2.05, 4.69) is 40.3 Å². The molecular weight excluding hydrogens is 426 g/mol. The number of hydrazone groups is 1. The van der Waals surface area contributed by atoms with Gasteiger partial charge in [-0.3, -0.25) is 9.59 Å². The fourth-order valence-corrected chi connectivity index (χ4v) is 4.18. The van der Waals surface area contributed by atoms with Crippen LogP contribution in [0.2, 0.25) is 0 Å². The fourth-order valence-electron chi connectivity index (χ4n) is 3.21. The fraction of sp³-hybridized carbons (Fsp3) is 0.292. The van der Waals surface area contributed by atoms with Gasteiger partial charge in [-0.25, -0.2) is 5.43 Å². The van der Waals surface area contributed by atoms with Gasteiger partial charge in [0.15, 0.2) is 11.5 Å². The molecule has 0 aliphatic carbocycles. The molecule has 2 amide bonds. The van der Waals surface area contributed by atoms with Crippen molar-refractivity contribution in [2.45, 2.75) is 26.2 Å². The highest BCUT2D eigenvalue weighted by atomic mass is 32.1. The van der Waals surface area contributed by atoms with Crippen molar-refractivity contribution in [2.24, 2.45) is 5.10 Å². The first-order valence-electron chi connectivity index (χ1n) is 10.4. The maximum Gasteiger partial charge on any atom is 0.259 e. The third kappa shape index (κ3) is 5.64. The lowest BCUT2D eigenvalue weighted by Gasteiger charge is -2.10. The minimum Gasteiger partial charge on any atom is -0.493 e.